The molecule has 0 spiro atoms. The van der Waals surface area contributed by atoms with Gasteiger partial charge in [-0.2, -0.15) is 0 Å². The van der Waals surface area contributed by atoms with E-state index in [4.69, 9.17) is 10.5 Å². The number of nitrogens with one attached hydrogen (secondary N) is 1. The summed E-state index contributed by atoms with van der Waals surface area (Å²) in [5.41, 5.74) is 5.96. The summed E-state index contributed by atoms with van der Waals surface area (Å²) in [5.74, 6) is 0.671. The SMILES string of the molecule is COc1ccc(NS(=O)(=O)c2ccc(CN)s2)cc1. The molecule has 0 radical (unpaired) electrons. The quantitative estimate of drug-likeness (QED) is 0.885. The highest BCUT2D eigenvalue weighted by atomic mass is 32.2. The van der Waals surface area contributed by atoms with Crippen LogP contribution in [0.15, 0.2) is 40.6 Å². The van der Waals surface area contributed by atoms with Crippen LogP contribution < -0.4 is 15.2 Å². The van der Waals surface area contributed by atoms with Crippen LogP contribution in [0.4, 0.5) is 5.69 Å². The van der Waals surface area contributed by atoms with Gasteiger partial charge in [-0.1, -0.05) is 0 Å². The molecule has 1 heterocycles. The Morgan fingerprint density at radius 1 is 1.21 bits per heavy atom. The Labute approximate surface area is 116 Å². The van der Waals surface area contributed by atoms with Crippen molar-refractivity contribution in [3.63, 3.8) is 0 Å². The van der Waals surface area contributed by atoms with Crippen LogP contribution in [0.3, 0.4) is 0 Å². The summed E-state index contributed by atoms with van der Waals surface area (Å²) < 4.78 is 32.0. The first kappa shape index (κ1) is 13.9. The van der Waals surface area contributed by atoms with Crippen LogP contribution in [0.2, 0.25) is 0 Å². The minimum atomic E-state index is -3.55. The van der Waals surface area contributed by atoms with Crippen LogP contribution in [0.25, 0.3) is 0 Å². The molecule has 0 bridgehead atoms. The zero-order valence-corrected chi connectivity index (χ0v) is 11.9. The summed E-state index contributed by atoms with van der Waals surface area (Å²) in [6.45, 7) is 0.336. The third-order valence-corrected chi connectivity index (χ3v) is 5.43. The Balaban J connectivity index is 2.20. The number of hydrogen-bond acceptors (Lipinski definition) is 5. The van der Waals surface area contributed by atoms with E-state index in [0.29, 0.717) is 18.0 Å². The van der Waals surface area contributed by atoms with Gasteiger partial charge >= 0.3 is 0 Å². The van der Waals surface area contributed by atoms with Gasteiger partial charge in [-0.15, -0.1) is 11.3 Å². The van der Waals surface area contributed by atoms with Crippen molar-refractivity contribution in [2.24, 2.45) is 5.73 Å². The minimum absolute atomic E-state index is 0.253. The molecule has 2 rings (SSSR count). The summed E-state index contributed by atoms with van der Waals surface area (Å²) in [7, 11) is -2.00. The number of thiophene rings is 1. The number of methoxy groups -OCH3 is 1. The fourth-order valence-corrected chi connectivity index (χ4v) is 3.77. The first-order valence-electron chi connectivity index (χ1n) is 5.51. The van der Waals surface area contributed by atoms with Gasteiger partial charge in [0, 0.05) is 17.1 Å². The summed E-state index contributed by atoms with van der Waals surface area (Å²) in [6, 6.07) is 9.95. The molecule has 0 atom stereocenters. The maximum atomic E-state index is 12.1. The molecule has 0 saturated heterocycles. The standard InChI is InChI=1S/C12H14N2O3S2/c1-17-10-4-2-9(3-5-10)14-19(15,16)12-7-6-11(8-13)18-12/h2-7,14H,8,13H2,1H3. The summed E-state index contributed by atoms with van der Waals surface area (Å²) in [4.78, 5) is 0.829. The number of nitrogens with two attached hydrogens (primary N) is 1. The molecule has 0 unspecified atom stereocenters. The molecule has 1 aromatic heterocycles. The third-order valence-electron chi connectivity index (χ3n) is 2.45. The molecule has 7 heteroatoms. The van der Waals surface area contributed by atoms with Gasteiger partial charge in [-0.3, -0.25) is 4.72 Å². The Bertz CT molecular complexity index is 648. The number of benzene rings is 1. The lowest BCUT2D eigenvalue weighted by Crippen LogP contribution is -2.11. The Kier molecular flexibility index (Phi) is 4.08. The molecule has 0 aliphatic heterocycles. The molecule has 0 amide bonds. The van der Waals surface area contributed by atoms with Gasteiger partial charge in [0.1, 0.15) is 9.96 Å². The number of anilines is 1. The van der Waals surface area contributed by atoms with E-state index in [9.17, 15) is 8.42 Å². The summed E-state index contributed by atoms with van der Waals surface area (Å²) in [6.07, 6.45) is 0. The molecule has 0 saturated carbocycles. The first-order chi connectivity index (χ1) is 9.05. The van der Waals surface area contributed by atoms with Crippen molar-refractivity contribution < 1.29 is 13.2 Å². The van der Waals surface area contributed by atoms with Crippen molar-refractivity contribution in [2.75, 3.05) is 11.8 Å². The number of ether oxygens (including phenoxy) is 1. The van der Waals surface area contributed by atoms with Gasteiger partial charge in [-0.05, 0) is 36.4 Å². The number of sulfonamides is 1. The minimum Gasteiger partial charge on any atom is -0.497 e. The molecule has 1 aromatic carbocycles. The van der Waals surface area contributed by atoms with E-state index in [1.165, 1.54) is 11.3 Å². The molecular weight excluding hydrogens is 284 g/mol. The molecular formula is C12H14N2O3S2. The highest BCUT2D eigenvalue weighted by Gasteiger charge is 2.16. The van der Waals surface area contributed by atoms with Crippen LogP contribution in [0, 0.1) is 0 Å². The van der Waals surface area contributed by atoms with E-state index in [1.54, 1.807) is 43.5 Å². The van der Waals surface area contributed by atoms with Crippen molar-refractivity contribution in [3.8, 4) is 5.75 Å². The topological polar surface area (TPSA) is 81.4 Å². The van der Waals surface area contributed by atoms with Gasteiger partial charge in [-0.25, -0.2) is 8.42 Å². The van der Waals surface area contributed by atoms with Gasteiger partial charge in [0.2, 0.25) is 0 Å². The van der Waals surface area contributed by atoms with Crippen molar-refractivity contribution in [3.05, 3.63) is 41.3 Å². The lowest BCUT2D eigenvalue weighted by molar-refractivity contribution is 0.415. The van der Waals surface area contributed by atoms with E-state index in [1.807, 2.05) is 0 Å². The normalized spacial score (nSPS) is 11.3. The van der Waals surface area contributed by atoms with Crippen LogP contribution >= 0.6 is 11.3 Å². The van der Waals surface area contributed by atoms with Gasteiger partial charge in [0.25, 0.3) is 10.0 Å². The van der Waals surface area contributed by atoms with E-state index in [2.05, 4.69) is 4.72 Å². The molecule has 5 nitrogen and oxygen atoms in total. The highest BCUT2D eigenvalue weighted by molar-refractivity contribution is 7.94. The predicted molar refractivity (Wildman–Crippen MR) is 76.0 cm³/mol. The second kappa shape index (κ2) is 5.60. The van der Waals surface area contributed by atoms with Gasteiger partial charge in [0.15, 0.2) is 0 Å². The van der Waals surface area contributed by atoms with Crippen molar-refractivity contribution >= 4 is 27.0 Å². The first-order valence-corrected chi connectivity index (χ1v) is 7.81. The third kappa shape index (κ3) is 3.25. The maximum Gasteiger partial charge on any atom is 0.271 e. The van der Waals surface area contributed by atoms with Gasteiger partial charge in [0.05, 0.1) is 7.11 Å². The van der Waals surface area contributed by atoms with Crippen LogP contribution in [-0.2, 0) is 16.6 Å². The van der Waals surface area contributed by atoms with Crippen molar-refractivity contribution in [2.45, 2.75) is 10.8 Å². The zero-order valence-electron chi connectivity index (χ0n) is 10.3. The zero-order chi connectivity index (χ0) is 13.9. The van der Waals surface area contributed by atoms with Crippen LogP contribution in [-0.4, -0.2) is 15.5 Å². The van der Waals surface area contributed by atoms with Crippen molar-refractivity contribution in [1.82, 2.24) is 0 Å². The summed E-state index contributed by atoms with van der Waals surface area (Å²) >= 11 is 1.17. The molecule has 0 aliphatic rings. The van der Waals surface area contributed by atoms with Crippen molar-refractivity contribution in [1.29, 1.82) is 0 Å². The monoisotopic (exact) mass is 298 g/mol. The molecule has 0 aliphatic carbocycles. The number of rotatable bonds is 5. The van der Waals surface area contributed by atoms with E-state index < -0.39 is 10.0 Å². The molecule has 19 heavy (non-hydrogen) atoms. The average molecular weight is 298 g/mol. The Hall–Kier alpha value is -1.57. The fourth-order valence-electron chi connectivity index (χ4n) is 1.48. The molecule has 2 aromatic rings. The van der Waals surface area contributed by atoms with Gasteiger partial charge < -0.3 is 10.5 Å². The summed E-state index contributed by atoms with van der Waals surface area (Å²) in [5, 5.41) is 0. The second-order valence-corrected chi connectivity index (χ2v) is 6.84. The maximum absolute atomic E-state index is 12.1. The van der Waals surface area contributed by atoms with E-state index in [0.717, 1.165) is 4.88 Å². The Morgan fingerprint density at radius 2 is 1.89 bits per heavy atom. The smallest absolute Gasteiger partial charge is 0.271 e. The molecule has 0 fully saturated rings. The fraction of sp³-hybridized carbons (Fsp3) is 0.167. The van der Waals surface area contributed by atoms with Crippen LogP contribution in [0.1, 0.15) is 4.88 Å². The average Bonchev–Trinajstić information content (AvgIpc) is 2.89. The predicted octanol–water partition coefficient (Wildman–Crippen LogP) is 2.02. The second-order valence-electron chi connectivity index (χ2n) is 3.76. The lowest BCUT2D eigenvalue weighted by Gasteiger charge is -2.06. The van der Waals surface area contributed by atoms with Crippen LogP contribution in [0.5, 0.6) is 5.75 Å². The Morgan fingerprint density at radius 3 is 2.42 bits per heavy atom. The van der Waals surface area contributed by atoms with E-state index in [-0.39, 0.29) is 4.21 Å². The molecule has 3 N–H and O–H groups in total. The molecule has 102 valence electrons. The number of hydrogen-bond donors (Lipinski definition) is 2. The van der Waals surface area contributed by atoms with E-state index >= 15 is 0 Å². The largest absolute Gasteiger partial charge is 0.497 e. The highest BCUT2D eigenvalue weighted by Crippen LogP contribution is 2.24. The lowest BCUT2D eigenvalue weighted by atomic mass is 10.3.